The fourth-order valence-electron chi connectivity index (χ4n) is 2.40. The molecule has 1 fully saturated rings. The summed E-state index contributed by atoms with van der Waals surface area (Å²) in [5, 5.41) is 3.51. The first-order valence-electron chi connectivity index (χ1n) is 7.28. The molecular formula is C14H29NO3. The van der Waals surface area contributed by atoms with Crippen LogP contribution in [0.15, 0.2) is 0 Å². The third kappa shape index (κ3) is 7.31. The van der Waals surface area contributed by atoms with Gasteiger partial charge in [0.25, 0.3) is 0 Å². The van der Waals surface area contributed by atoms with Gasteiger partial charge in [0.2, 0.25) is 0 Å². The van der Waals surface area contributed by atoms with Gasteiger partial charge in [-0.3, -0.25) is 0 Å². The Morgan fingerprint density at radius 1 is 1.00 bits per heavy atom. The van der Waals surface area contributed by atoms with E-state index in [1.54, 1.807) is 7.11 Å². The third-order valence-corrected chi connectivity index (χ3v) is 3.39. The van der Waals surface area contributed by atoms with Crippen molar-refractivity contribution in [2.24, 2.45) is 0 Å². The molecule has 0 amide bonds. The van der Waals surface area contributed by atoms with Crippen LogP contribution in [0.5, 0.6) is 0 Å². The molecule has 0 spiro atoms. The van der Waals surface area contributed by atoms with Crippen LogP contribution in [-0.2, 0) is 14.2 Å². The van der Waals surface area contributed by atoms with Gasteiger partial charge in [-0.05, 0) is 38.6 Å². The van der Waals surface area contributed by atoms with E-state index in [2.05, 4.69) is 12.2 Å². The molecule has 108 valence electrons. The van der Waals surface area contributed by atoms with Crippen molar-refractivity contribution < 1.29 is 14.2 Å². The molecule has 0 radical (unpaired) electrons. The average Bonchev–Trinajstić information content (AvgIpc) is 2.40. The molecule has 1 aliphatic carbocycles. The largest absolute Gasteiger partial charge is 0.385 e. The Kier molecular flexibility index (Phi) is 9.48. The minimum Gasteiger partial charge on any atom is -0.385 e. The number of ether oxygens (including phenoxy) is 3. The predicted molar refractivity (Wildman–Crippen MR) is 73.0 cm³/mol. The van der Waals surface area contributed by atoms with E-state index in [0.717, 1.165) is 32.8 Å². The molecule has 0 heterocycles. The Morgan fingerprint density at radius 2 is 1.78 bits per heavy atom. The topological polar surface area (TPSA) is 39.7 Å². The van der Waals surface area contributed by atoms with Crippen LogP contribution in [0.2, 0.25) is 0 Å². The molecule has 0 unspecified atom stereocenters. The zero-order valence-electron chi connectivity index (χ0n) is 12.0. The lowest BCUT2D eigenvalue weighted by Gasteiger charge is -2.28. The van der Waals surface area contributed by atoms with Crippen molar-refractivity contribution in [2.75, 3.05) is 40.1 Å². The third-order valence-electron chi connectivity index (χ3n) is 3.39. The standard InChI is InChI=1S/C14H29NO3/c1-3-15-13-5-7-14(8-6-13)18-12-11-17-10-4-9-16-2/h13-15H,3-12H2,1-2H3. The van der Waals surface area contributed by atoms with E-state index in [4.69, 9.17) is 14.2 Å². The van der Waals surface area contributed by atoms with E-state index in [1.807, 2.05) is 0 Å². The van der Waals surface area contributed by atoms with Crippen molar-refractivity contribution >= 4 is 0 Å². The molecular weight excluding hydrogens is 230 g/mol. The molecule has 0 aromatic heterocycles. The highest BCUT2D eigenvalue weighted by molar-refractivity contribution is 4.76. The lowest BCUT2D eigenvalue weighted by molar-refractivity contribution is -0.0157. The molecule has 1 rings (SSSR count). The summed E-state index contributed by atoms with van der Waals surface area (Å²) in [7, 11) is 1.72. The molecule has 1 aliphatic rings. The first-order chi connectivity index (χ1) is 8.86. The maximum Gasteiger partial charge on any atom is 0.0704 e. The highest BCUT2D eigenvalue weighted by Gasteiger charge is 2.20. The maximum absolute atomic E-state index is 5.83. The van der Waals surface area contributed by atoms with Gasteiger partial charge in [-0.15, -0.1) is 0 Å². The van der Waals surface area contributed by atoms with Crippen molar-refractivity contribution in [1.29, 1.82) is 0 Å². The zero-order chi connectivity index (χ0) is 13.1. The number of hydrogen-bond donors (Lipinski definition) is 1. The van der Waals surface area contributed by atoms with Crippen LogP contribution >= 0.6 is 0 Å². The Morgan fingerprint density at radius 3 is 2.44 bits per heavy atom. The number of hydrogen-bond acceptors (Lipinski definition) is 4. The van der Waals surface area contributed by atoms with E-state index >= 15 is 0 Å². The molecule has 18 heavy (non-hydrogen) atoms. The Labute approximate surface area is 111 Å². The molecule has 0 aromatic carbocycles. The van der Waals surface area contributed by atoms with Gasteiger partial charge in [0, 0.05) is 26.4 Å². The van der Waals surface area contributed by atoms with E-state index in [9.17, 15) is 0 Å². The second kappa shape index (κ2) is 10.7. The van der Waals surface area contributed by atoms with Crippen LogP contribution in [-0.4, -0.2) is 52.2 Å². The fourth-order valence-corrected chi connectivity index (χ4v) is 2.40. The normalized spacial score (nSPS) is 24.3. The molecule has 1 N–H and O–H groups in total. The van der Waals surface area contributed by atoms with Gasteiger partial charge < -0.3 is 19.5 Å². The van der Waals surface area contributed by atoms with Crippen LogP contribution in [0.4, 0.5) is 0 Å². The minimum absolute atomic E-state index is 0.447. The van der Waals surface area contributed by atoms with Gasteiger partial charge in [0.1, 0.15) is 0 Å². The van der Waals surface area contributed by atoms with Crippen molar-refractivity contribution in [2.45, 2.75) is 51.2 Å². The zero-order valence-corrected chi connectivity index (χ0v) is 12.0. The van der Waals surface area contributed by atoms with E-state index in [-0.39, 0.29) is 0 Å². The Hall–Kier alpha value is -0.160. The first kappa shape index (κ1) is 15.9. The van der Waals surface area contributed by atoms with Crippen LogP contribution < -0.4 is 5.32 Å². The quantitative estimate of drug-likeness (QED) is 0.609. The van der Waals surface area contributed by atoms with Crippen molar-refractivity contribution in [1.82, 2.24) is 5.32 Å². The van der Waals surface area contributed by atoms with E-state index < -0.39 is 0 Å². The van der Waals surface area contributed by atoms with Gasteiger partial charge >= 0.3 is 0 Å². The predicted octanol–water partition coefficient (Wildman–Crippen LogP) is 1.98. The lowest BCUT2D eigenvalue weighted by atomic mass is 9.93. The van der Waals surface area contributed by atoms with E-state index in [0.29, 0.717) is 18.8 Å². The monoisotopic (exact) mass is 259 g/mol. The Bertz CT molecular complexity index is 182. The second-order valence-electron chi connectivity index (χ2n) is 4.86. The number of rotatable bonds is 10. The number of methoxy groups -OCH3 is 1. The van der Waals surface area contributed by atoms with Gasteiger partial charge in [-0.25, -0.2) is 0 Å². The fraction of sp³-hybridized carbons (Fsp3) is 1.00. The van der Waals surface area contributed by atoms with Crippen molar-refractivity contribution in [3.05, 3.63) is 0 Å². The molecule has 0 aromatic rings. The van der Waals surface area contributed by atoms with Crippen LogP contribution in [0.1, 0.15) is 39.0 Å². The summed E-state index contributed by atoms with van der Waals surface area (Å²) < 4.78 is 16.3. The van der Waals surface area contributed by atoms with Crippen LogP contribution in [0.3, 0.4) is 0 Å². The highest BCUT2D eigenvalue weighted by Crippen LogP contribution is 2.20. The Balaban J connectivity index is 1.88. The van der Waals surface area contributed by atoms with Gasteiger partial charge in [0.05, 0.1) is 19.3 Å². The summed E-state index contributed by atoms with van der Waals surface area (Å²) in [6.45, 7) is 6.22. The van der Waals surface area contributed by atoms with Gasteiger partial charge in [0.15, 0.2) is 0 Å². The van der Waals surface area contributed by atoms with Gasteiger partial charge in [-0.2, -0.15) is 0 Å². The molecule has 0 aliphatic heterocycles. The molecule has 0 saturated heterocycles. The molecule has 4 heteroatoms. The SMILES string of the molecule is CCNC1CCC(OCCOCCCOC)CC1. The number of nitrogens with one attached hydrogen (secondary N) is 1. The molecule has 0 atom stereocenters. The summed E-state index contributed by atoms with van der Waals surface area (Å²) in [5.41, 5.74) is 0. The summed E-state index contributed by atoms with van der Waals surface area (Å²) in [6, 6.07) is 0.708. The second-order valence-corrected chi connectivity index (χ2v) is 4.86. The van der Waals surface area contributed by atoms with Crippen molar-refractivity contribution in [3.63, 3.8) is 0 Å². The van der Waals surface area contributed by atoms with E-state index in [1.165, 1.54) is 25.7 Å². The van der Waals surface area contributed by atoms with Crippen molar-refractivity contribution in [3.8, 4) is 0 Å². The summed E-state index contributed by atoms with van der Waals surface area (Å²) in [5.74, 6) is 0. The first-order valence-corrected chi connectivity index (χ1v) is 7.28. The molecule has 1 saturated carbocycles. The summed E-state index contributed by atoms with van der Waals surface area (Å²) in [6.07, 6.45) is 6.26. The lowest BCUT2D eigenvalue weighted by Crippen LogP contribution is -2.35. The van der Waals surface area contributed by atoms with Crippen LogP contribution in [0, 0.1) is 0 Å². The molecule has 4 nitrogen and oxygen atoms in total. The smallest absolute Gasteiger partial charge is 0.0704 e. The minimum atomic E-state index is 0.447. The van der Waals surface area contributed by atoms with Gasteiger partial charge in [-0.1, -0.05) is 6.92 Å². The molecule has 0 bridgehead atoms. The maximum atomic E-state index is 5.83. The summed E-state index contributed by atoms with van der Waals surface area (Å²) in [4.78, 5) is 0. The summed E-state index contributed by atoms with van der Waals surface area (Å²) >= 11 is 0. The highest BCUT2D eigenvalue weighted by atomic mass is 16.5. The average molecular weight is 259 g/mol. The van der Waals surface area contributed by atoms with Crippen LogP contribution in [0.25, 0.3) is 0 Å².